The number of hydrogen-bond acceptors (Lipinski definition) is 6. The molecule has 0 bridgehead atoms. The van der Waals surface area contributed by atoms with Gasteiger partial charge in [-0.25, -0.2) is 0 Å². The van der Waals surface area contributed by atoms with Gasteiger partial charge in [-0.2, -0.15) is 0 Å². The Morgan fingerprint density at radius 2 is 1.06 bits per heavy atom. The number of methoxy groups -OCH3 is 1. The second kappa shape index (κ2) is 17.0. The Labute approximate surface area is 435 Å². The van der Waals surface area contributed by atoms with Gasteiger partial charge in [-0.15, -0.1) is 0 Å². The van der Waals surface area contributed by atoms with Gasteiger partial charge in [0.25, 0.3) is 0 Å². The molecular weight excluding hydrogens is 893 g/mol. The third-order valence-electron chi connectivity index (χ3n) is 27.1. The second-order valence-corrected chi connectivity index (χ2v) is 29.8. The first-order valence-corrected chi connectivity index (χ1v) is 29.1. The Kier molecular flexibility index (Phi) is 12.7. The van der Waals surface area contributed by atoms with Crippen LogP contribution >= 0.6 is 0 Å². The summed E-state index contributed by atoms with van der Waals surface area (Å²) in [6.45, 7) is 38.9. The van der Waals surface area contributed by atoms with E-state index in [4.69, 9.17) is 10.5 Å². The molecular formula is C64H98N2O6. The van der Waals surface area contributed by atoms with Crippen molar-refractivity contribution in [1.29, 1.82) is 0 Å². The Morgan fingerprint density at radius 3 is 1.49 bits per heavy atom. The number of nitrogens with two attached hydrogens (primary N) is 1. The fourth-order valence-corrected chi connectivity index (χ4v) is 22.0. The summed E-state index contributed by atoms with van der Waals surface area (Å²) in [4.78, 5) is 67.3. The lowest BCUT2D eigenvalue weighted by Crippen LogP contribution is -2.69. The van der Waals surface area contributed by atoms with Gasteiger partial charge >= 0.3 is 5.97 Å². The molecule has 10 aliphatic carbocycles. The van der Waals surface area contributed by atoms with E-state index in [9.17, 15) is 24.0 Å². The minimum atomic E-state index is -0.863. The highest BCUT2D eigenvalue weighted by atomic mass is 16.5. The van der Waals surface area contributed by atoms with Gasteiger partial charge in [-0.1, -0.05) is 106 Å². The van der Waals surface area contributed by atoms with Crippen LogP contribution in [0.4, 0.5) is 0 Å². The smallest absolute Gasteiger partial charge is 0.313 e. The first-order valence-electron chi connectivity index (χ1n) is 29.1. The molecule has 21 atom stereocenters. The van der Waals surface area contributed by atoms with Crippen molar-refractivity contribution in [2.45, 2.75) is 213 Å². The van der Waals surface area contributed by atoms with Crippen molar-refractivity contribution in [3.63, 3.8) is 0 Å². The number of ether oxygens (including phenoxy) is 1. The van der Waals surface area contributed by atoms with Crippen molar-refractivity contribution in [2.24, 2.45) is 119 Å². The molecule has 0 saturated heterocycles. The average molecular weight is 991 g/mol. The van der Waals surface area contributed by atoms with Gasteiger partial charge in [-0.05, 0) is 219 Å². The molecule has 0 aromatic carbocycles. The molecule has 0 aliphatic heterocycles. The summed E-state index contributed by atoms with van der Waals surface area (Å²) < 4.78 is 5.40. The van der Waals surface area contributed by atoms with E-state index in [0.717, 1.165) is 56.9 Å². The molecule has 8 saturated carbocycles. The lowest BCUT2D eigenvalue weighted by molar-refractivity contribution is -0.203. The number of amides is 2. The van der Waals surface area contributed by atoms with Crippen LogP contribution in [0.2, 0.25) is 0 Å². The van der Waals surface area contributed by atoms with Crippen molar-refractivity contribution in [2.75, 3.05) is 7.11 Å². The lowest BCUT2D eigenvalue weighted by Gasteiger charge is -2.70. The SMILES string of the molecule is C=C1CC[C@@]2(C)C(CC[C@]3(C)C2C(=O)C=C2C4[C@@H](C)[C@H](C)CC[C@]4(C)CC[C@]23C)[C@@]1(C)C(N)=O.COC(=O)[C@@]1(C)C(NC(C)=O)CC[C@@]2(C)C1CC[C@]1(C)C2C(=O)C=C2C3[C@@H](C)[C@H](C)CC[C@]3(C)CC[C@]21C. The maximum absolute atomic E-state index is 14.5. The first-order chi connectivity index (χ1) is 33.3. The second-order valence-electron chi connectivity index (χ2n) is 29.8. The molecule has 0 aromatic heterocycles. The van der Waals surface area contributed by atoms with Crippen molar-refractivity contribution in [1.82, 2.24) is 5.32 Å². The van der Waals surface area contributed by atoms with Gasteiger partial charge in [0.2, 0.25) is 11.8 Å². The van der Waals surface area contributed by atoms with E-state index in [1.807, 2.05) is 13.8 Å². The van der Waals surface area contributed by atoms with Crippen molar-refractivity contribution in [3.05, 3.63) is 35.5 Å². The third kappa shape index (κ3) is 6.80. The predicted molar refractivity (Wildman–Crippen MR) is 287 cm³/mol. The summed E-state index contributed by atoms with van der Waals surface area (Å²) >= 11 is 0. The molecule has 10 aliphatic rings. The number of nitrogens with one attached hydrogen (secondary N) is 1. The molecule has 72 heavy (non-hydrogen) atoms. The maximum Gasteiger partial charge on any atom is 0.313 e. The highest BCUT2D eigenvalue weighted by Gasteiger charge is 2.74. The molecule has 2 amide bonds. The average Bonchev–Trinajstić information content (AvgIpc) is 3.30. The van der Waals surface area contributed by atoms with E-state index in [1.54, 1.807) is 0 Å². The summed E-state index contributed by atoms with van der Waals surface area (Å²) in [7, 11) is 1.45. The topological polar surface area (TPSA) is 133 Å². The normalized spacial score (nSPS) is 53.3. The molecule has 8 heteroatoms. The largest absolute Gasteiger partial charge is 0.469 e. The van der Waals surface area contributed by atoms with E-state index in [0.29, 0.717) is 53.1 Å². The molecule has 8 fully saturated rings. The van der Waals surface area contributed by atoms with Crippen LogP contribution in [0.5, 0.6) is 0 Å². The number of primary amides is 1. The summed E-state index contributed by atoms with van der Waals surface area (Å²) in [6, 6.07) is -0.282. The standard InChI is InChI=1S/C33H51NO4.C31H47NO2/c1-19-10-13-29(4)16-17-31(6)22(26(29)20(19)2)18-23(36)27-30(5)14-12-25(34-21(3)35)33(8,28(37)38-9)24(30)11-15-32(27,31)7;1-18-9-12-27(4)15-16-29(6)21(24(27)20(18)3)17-22(33)25-28(5)13-10-19(2)31(8,26(32)34)23(28)11-14-30(25,29)7/h18-20,24-27H,10-17H2,1-9H3,(H,34,35);17-18,20,23-25H,2,9-16H2,1,3-8H3,(H2,32,34)/t19-,20+,24?,25?,26?,27?,29-,30+,31-,32-,33-;18-,20+,23?,24?,25?,27-,28+,29-,30-,31+/m11/s1. The number of hydrogen-bond donors (Lipinski definition) is 2. The fourth-order valence-electron chi connectivity index (χ4n) is 22.0. The predicted octanol–water partition coefficient (Wildman–Crippen LogP) is 13.4. The molecule has 0 heterocycles. The minimum Gasteiger partial charge on any atom is -0.469 e. The summed E-state index contributed by atoms with van der Waals surface area (Å²) in [6.07, 6.45) is 21.1. The Balaban J connectivity index is 0.000000179. The highest BCUT2D eigenvalue weighted by Crippen LogP contribution is 2.77. The lowest BCUT2D eigenvalue weighted by atomic mass is 9.33. The van der Waals surface area contributed by atoms with Crippen LogP contribution in [-0.4, -0.2) is 42.5 Å². The van der Waals surface area contributed by atoms with Crippen LogP contribution in [0.15, 0.2) is 35.5 Å². The molecule has 3 N–H and O–H groups in total. The number of ketones is 2. The zero-order valence-electron chi connectivity index (χ0n) is 48.1. The number of carbonyl (C=O) groups excluding carboxylic acids is 5. The van der Waals surface area contributed by atoms with E-state index in [1.165, 1.54) is 70.1 Å². The molecule has 0 radical (unpaired) electrons. The van der Waals surface area contributed by atoms with Gasteiger partial charge in [0, 0.05) is 24.8 Å². The molecule has 400 valence electrons. The molecule has 0 spiro atoms. The summed E-state index contributed by atoms with van der Waals surface area (Å²) in [5.41, 5.74) is 8.15. The summed E-state index contributed by atoms with van der Waals surface area (Å²) in [5.74, 6) is 3.37. The van der Waals surface area contributed by atoms with Crippen molar-refractivity contribution >= 4 is 29.4 Å². The Hall–Kier alpha value is -3.03. The van der Waals surface area contributed by atoms with Gasteiger partial charge in [0.1, 0.15) is 0 Å². The van der Waals surface area contributed by atoms with Crippen molar-refractivity contribution in [3.8, 4) is 0 Å². The van der Waals surface area contributed by atoms with E-state index in [-0.39, 0.29) is 91.2 Å². The third-order valence-corrected chi connectivity index (χ3v) is 27.1. The van der Waals surface area contributed by atoms with Crippen LogP contribution in [-0.2, 0) is 28.7 Å². The van der Waals surface area contributed by atoms with Crippen molar-refractivity contribution < 1.29 is 28.7 Å². The van der Waals surface area contributed by atoms with Crippen LogP contribution in [0.25, 0.3) is 0 Å². The van der Waals surface area contributed by atoms with Gasteiger partial charge in [0.05, 0.1) is 17.9 Å². The van der Waals surface area contributed by atoms with Crippen LogP contribution in [0, 0.1) is 113 Å². The van der Waals surface area contributed by atoms with E-state index >= 15 is 0 Å². The van der Waals surface area contributed by atoms with Crippen LogP contribution in [0.3, 0.4) is 0 Å². The van der Waals surface area contributed by atoms with Crippen LogP contribution in [0.1, 0.15) is 207 Å². The molecule has 7 unspecified atom stereocenters. The zero-order valence-corrected chi connectivity index (χ0v) is 48.1. The number of fused-ring (bicyclic) bond motifs is 14. The van der Waals surface area contributed by atoms with Gasteiger partial charge in [0.15, 0.2) is 11.6 Å². The van der Waals surface area contributed by atoms with E-state index < -0.39 is 10.8 Å². The molecule has 8 nitrogen and oxygen atoms in total. The number of esters is 1. The fraction of sp³-hybridized carbons (Fsp3) is 0.828. The number of carbonyl (C=O) groups is 5. The first kappa shape index (κ1) is 53.8. The summed E-state index contributed by atoms with van der Waals surface area (Å²) in [5, 5.41) is 3.09. The molecule has 0 aromatic rings. The quantitative estimate of drug-likeness (QED) is 0.214. The highest BCUT2D eigenvalue weighted by molar-refractivity contribution is 5.97. The number of allylic oxidation sites excluding steroid dienone is 4. The Morgan fingerprint density at radius 1 is 0.611 bits per heavy atom. The number of rotatable bonds is 3. The maximum atomic E-state index is 14.5. The van der Waals surface area contributed by atoms with Gasteiger partial charge in [-0.3, -0.25) is 24.0 Å². The minimum absolute atomic E-state index is 0.0226. The Bertz CT molecular complexity index is 2400. The van der Waals surface area contributed by atoms with E-state index in [2.05, 4.69) is 107 Å². The zero-order chi connectivity index (χ0) is 53.1. The molecule has 10 rings (SSSR count). The van der Waals surface area contributed by atoms with Crippen LogP contribution < -0.4 is 11.1 Å². The monoisotopic (exact) mass is 991 g/mol. The van der Waals surface area contributed by atoms with Gasteiger partial charge < -0.3 is 15.8 Å².